The molecule has 1 atom stereocenters. The molecule has 2 aromatic heterocycles. The summed E-state index contributed by atoms with van der Waals surface area (Å²) in [6.07, 6.45) is 3.21. The van der Waals surface area contributed by atoms with Crippen LogP contribution < -0.4 is 0 Å². The normalized spacial score (nSPS) is 15.6. The minimum atomic E-state index is -1.43. The second-order valence-corrected chi connectivity index (χ2v) is 8.16. The molecule has 0 spiro atoms. The van der Waals surface area contributed by atoms with Gasteiger partial charge in [-0.1, -0.05) is 42.1 Å². The lowest BCUT2D eigenvalue weighted by atomic mass is 10.2. The third-order valence-electron chi connectivity index (χ3n) is 4.28. The second-order valence-electron chi connectivity index (χ2n) is 5.72. The van der Waals surface area contributed by atoms with E-state index in [0.29, 0.717) is 15.8 Å². The molecule has 126 valence electrons. The van der Waals surface area contributed by atoms with Crippen molar-refractivity contribution in [2.75, 3.05) is 0 Å². The minimum Gasteiger partial charge on any atom is -0.258 e. The molecule has 8 heteroatoms. The van der Waals surface area contributed by atoms with Gasteiger partial charge in [0.2, 0.25) is 0 Å². The number of nitro benzene ring substituents is 1. The van der Waals surface area contributed by atoms with Gasteiger partial charge in [0.15, 0.2) is 0 Å². The zero-order chi connectivity index (χ0) is 17.8. The molecular formula is C18H9N3O3S2. The average Bonchev–Trinajstić information content (AvgIpc) is 2.67. The quantitative estimate of drug-likeness (QED) is 0.318. The Balaban J connectivity index is 1.82. The molecule has 0 amide bonds. The highest BCUT2D eigenvalue weighted by molar-refractivity contribution is 8.01. The summed E-state index contributed by atoms with van der Waals surface area (Å²) in [7, 11) is -1.43. The lowest BCUT2D eigenvalue weighted by Gasteiger charge is -2.20. The second kappa shape index (κ2) is 5.58. The van der Waals surface area contributed by atoms with Crippen molar-refractivity contribution in [3.05, 3.63) is 65.0 Å². The molecule has 0 fully saturated rings. The van der Waals surface area contributed by atoms with Crippen molar-refractivity contribution in [1.29, 1.82) is 0 Å². The predicted octanol–water partition coefficient (Wildman–Crippen LogP) is 4.32. The van der Waals surface area contributed by atoms with E-state index in [2.05, 4.69) is 9.97 Å². The number of fused-ring (bicyclic) bond motifs is 6. The average molecular weight is 379 g/mol. The summed E-state index contributed by atoms with van der Waals surface area (Å²) in [5.74, 6) is 0. The van der Waals surface area contributed by atoms with Gasteiger partial charge in [-0.05, 0) is 6.07 Å². The fourth-order valence-corrected chi connectivity index (χ4v) is 6.05. The highest BCUT2D eigenvalue weighted by Gasteiger charge is 2.29. The number of nitro groups is 1. The van der Waals surface area contributed by atoms with E-state index >= 15 is 0 Å². The number of nitrogens with zero attached hydrogens (tertiary/aromatic N) is 3. The van der Waals surface area contributed by atoms with Crippen LogP contribution in [0.4, 0.5) is 5.69 Å². The van der Waals surface area contributed by atoms with Crippen molar-refractivity contribution < 1.29 is 9.13 Å². The number of pyridine rings is 2. The van der Waals surface area contributed by atoms with Gasteiger partial charge in [-0.15, -0.1) is 0 Å². The number of aromatic nitrogens is 2. The maximum Gasteiger partial charge on any atom is 0.295 e. The SMILES string of the molecule is O=[N+]([O-])c1cccc2c3c(cnc12)S(=O)c1c(cnc2ccccc12)S3. The van der Waals surface area contributed by atoms with E-state index in [-0.39, 0.29) is 5.69 Å². The van der Waals surface area contributed by atoms with Crippen molar-refractivity contribution >= 4 is 50.1 Å². The van der Waals surface area contributed by atoms with Crippen molar-refractivity contribution in [3.63, 3.8) is 0 Å². The van der Waals surface area contributed by atoms with Gasteiger partial charge in [0.1, 0.15) is 5.52 Å². The van der Waals surface area contributed by atoms with Crippen LogP contribution in [0.15, 0.2) is 74.4 Å². The maximum absolute atomic E-state index is 13.3. The molecule has 2 aromatic carbocycles. The van der Waals surface area contributed by atoms with Crippen LogP contribution in [0.25, 0.3) is 21.8 Å². The molecule has 6 nitrogen and oxygen atoms in total. The molecule has 0 radical (unpaired) electrons. The zero-order valence-electron chi connectivity index (χ0n) is 13.1. The van der Waals surface area contributed by atoms with E-state index < -0.39 is 15.7 Å². The molecule has 3 heterocycles. The summed E-state index contributed by atoms with van der Waals surface area (Å²) in [4.78, 5) is 22.4. The summed E-state index contributed by atoms with van der Waals surface area (Å²) < 4.78 is 13.3. The van der Waals surface area contributed by atoms with E-state index in [0.717, 1.165) is 25.6 Å². The van der Waals surface area contributed by atoms with E-state index in [9.17, 15) is 14.3 Å². The highest BCUT2D eigenvalue weighted by Crippen LogP contribution is 2.47. The number of hydrogen-bond donors (Lipinski definition) is 0. The molecule has 0 N–H and O–H groups in total. The van der Waals surface area contributed by atoms with Crippen LogP contribution in [0, 0.1) is 10.1 Å². The monoisotopic (exact) mass is 379 g/mol. The van der Waals surface area contributed by atoms with Crippen LogP contribution in [0.1, 0.15) is 0 Å². The molecule has 26 heavy (non-hydrogen) atoms. The minimum absolute atomic E-state index is 0.0564. The molecule has 1 aliphatic heterocycles. The Hall–Kier alpha value is -2.84. The fourth-order valence-electron chi connectivity index (χ4n) is 3.13. The van der Waals surface area contributed by atoms with Crippen LogP contribution in [0.5, 0.6) is 0 Å². The van der Waals surface area contributed by atoms with E-state index in [1.54, 1.807) is 18.3 Å². The molecule has 0 aliphatic carbocycles. The maximum atomic E-state index is 13.3. The Morgan fingerprint density at radius 3 is 2.65 bits per heavy atom. The van der Waals surface area contributed by atoms with Crippen LogP contribution in [0.3, 0.4) is 0 Å². The Labute approximate surface area is 153 Å². The molecular weight excluding hydrogens is 370 g/mol. The number of hydrogen-bond acceptors (Lipinski definition) is 6. The molecule has 0 bridgehead atoms. The molecule has 1 unspecified atom stereocenters. The van der Waals surface area contributed by atoms with Gasteiger partial charge in [0, 0.05) is 39.0 Å². The summed E-state index contributed by atoms with van der Waals surface area (Å²) in [6, 6.07) is 12.4. The van der Waals surface area contributed by atoms with Crippen LogP contribution in [0.2, 0.25) is 0 Å². The number of non-ortho nitro benzene ring substituents is 1. The number of benzene rings is 2. The third kappa shape index (κ3) is 2.09. The van der Waals surface area contributed by atoms with Gasteiger partial charge in [-0.3, -0.25) is 15.1 Å². The van der Waals surface area contributed by atoms with Crippen molar-refractivity contribution in [2.24, 2.45) is 0 Å². The lowest BCUT2D eigenvalue weighted by Crippen LogP contribution is -2.06. The first-order chi connectivity index (χ1) is 12.6. The first kappa shape index (κ1) is 15.4. The molecule has 5 rings (SSSR count). The van der Waals surface area contributed by atoms with Gasteiger partial charge in [-0.25, -0.2) is 9.19 Å². The van der Waals surface area contributed by atoms with Crippen molar-refractivity contribution in [3.8, 4) is 0 Å². The summed E-state index contributed by atoms with van der Waals surface area (Å²) >= 11 is 1.43. The Morgan fingerprint density at radius 2 is 1.81 bits per heavy atom. The van der Waals surface area contributed by atoms with Crippen molar-refractivity contribution in [1.82, 2.24) is 9.97 Å². The Kier molecular flexibility index (Phi) is 3.31. The third-order valence-corrected chi connectivity index (χ3v) is 7.23. The van der Waals surface area contributed by atoms with Gasteiger partial charge in [0.25, 0.3) is 5.69 Å². The molecule has 0 saturated heterocycles. The largest absolute Gasteiger partial charge is 0.295 e. The standard InChI is InChI=1S/C18H9N3O3S2/c22-21(23)13-7-3-5-11-16(13)20-9-15-17(11)25-14-8-19-12-6-2-1-4-10(12)18(14)26(15)24/h1-9H. The van der Waals surface area contributed by atoms with E-state index in [4.69, 9.17) is 0 Å². The Bertz CT molecular complexity index is 1270. The first-order valence-corrected chi connectivity index (χ1v) is 9.65. The van der Waals surface area contributed by atoms with Gasteiger partial charge in [-0.2, -0.15) is 0 Å². The number of rotatable bonds is 1. The Morgan fingerprint density at radius 1 is 1.00 bits per heavy atom. The van der Waals surface area contributed by atoms with Crippen molar-refractivity contribution in [2.45, 2.75) is 19.6 Å². The summed E-state index contributed by atoms with van der Waals surface area (Å²) in [6.45, 7) is 0. The molecule has 1 aliphatic rings. The fraction of sp³-hybridized carbons (Fsp3) is 0. The topological polar surface area (TPSA) is 86.0 Å². The van der Waals surface area contributed by atoms with Crippen LogP contribution >= 0.6 is 11.8 Å². The summed E-state index contributed by atoms with van der Waals surface area (Å²) in [5.41, 5.74) is 1.03. The first-order valence-electron chi connectivity index (χ1n) is 7.68. The lowest BCUT2D eigenvalue weighted by molar-refractivity contribution is -0.383. The van der Waals surface area contributed by atoms with Crippen LogP contribution in [-0.4, -0.2) is 19.1 Å². The summed E-state index contributed by atoms with van der Waals surface area (Å²) in [5, 5.41) is 12.8. The van der Waals surface area contributed by atoms with E-state index in [1.165, 1.54) is 24.0 Å². The molecule has 4 aromatic rings. The highest BCUT2D eigenvalue weighted by atomic mass is 32.2. The van der Waals surface area contributed by atoms with Gasteiger partial charge >= 0.3 is 0 Å². The predicted molar refractivity (Wildman–Crippen MR) is 98.9 cm³/mol. The zero-order valence-corrected chi connectivity index (χ0v) is 14.7. The van der Waals surface area contributed by atoms with Crippen LogP contribution in [-0.2, 0) is 10.8 Å². The smallest absolute Gasteiger partial charge is 0.258 e. The molecule has 0 saturated carbocycles. The van der Waals surface area contributed by atoms with Gasteiger partial charge in [0.05, 0.1) is 31.0 Å². The number of para-hydroxylation sites is 2. The van der Waals surface area contributed by atoms with Gasteiger partial charge < -0.3 is 0 Å². The van der Waals surface area contributed by atoms with E-state index in [1.807, 2.05) is 24.3 Å².